The Morgan fingerprint density at radius 2 is 1.21 bits per heavy atom. The highest BCUT2D eigenvalue weighted by atomic mass is 16.5. The van der Waals surface area contributed by atoms with Gasteiger partial charge in [0.15, 0.2) is 0 Å². The van der Waals surface area contributed by atoms with Gasteiger partial charge in [0, 0.05) is 19.4 Å². The minimum absolute atomic E-state index is 0.00725. The lowest BCUT2D eigenvalue weighted by Gasteiger charge is -2.28. The molecule has 1 fully saturated rings. The summed E-state index contributed by atoms with van der Waals surface area (Å²) in [5, 5.41) is 35.8. The van der Waals surface area contributed by atoms with Gasteiger partial charge in [0.25, 0.3) is 0 Å². The molecular formula is C51H88N16O13. The summed E-state index contributed by atoms with van der Waals surface area (Å²) >= 11 is 0. The normalized spacial score (nSPS) is 22.8. The van der Waals surface area contributed by atoms with Crippen LogP contribution in [0.2, 0.25) is 0 Å². The number of rotatable bonds is 26. The lowest BCUT2D eigenvalue weighted by molar-refractivity contribution is -0.154. The number of amides is 10. The number of aliphatic hydroxyl groups excluding tert-OH is 1. The Labute approximate surface area is 466 Å². The fraction of sp³-hybridized carbons (Fsp3) is 0.667. The molecule has 2 unspecified atom stereocenters. The van der Waals surface area contributed by atoms with Gasteiger partial charge in [-0.1, -0.05) is 62.9 Å². The molecule has 1 aliphatic rings. The van der Waals surface area contributed by atoms with E-state index in [-0.39, 0.29) is 77.7 Å². The molecule has 29 nitrogen and oxygen atoms in total. The van der Waals surface area contributed by atoms with Crippen LogP contribution in [-0.4, -0.2) is 183 Å². The van der Waals surface area contributed by atoms with Crippen molar-refractivity contribution in [2.45, 2.75) is 171 Å². The summed E-state index contributed by atoms with van der Waals surface area (Å²) in [5.41, 5.74) is 35.8. The van der Waals surface area contributed by atoms with Crippen LogP contribution < -0.4 is 87.6 Å². The van der Waals surface area contributed by atoms with E-state index < -0.39 is 151 Å². The molecule has 1 aliphatic heterocycles. The van der Waals surface area contributed by atoms with Crippen LogP contribution in [0.5, 0.6) is 0 Å². The minimum atomic E-state index is -1.68. The number of esters is 1. The third-order valence-electron chi connectivity index (χ3n) is 12.8. The molecule has 1 aromatic carbocycles. The number of cyclic esters (lactones) is 1. The van der Waals surface area contributed by atoms with Crippen LogP contribution in [0.25, 0.3) is 0 Å². The number of hydrogen-bond acceptors (Lipinski definition) is 19. The van der Waals surface area contributed by atoms with Crippen LogP contribution in [-0.2, 0) is 63.9 Å². The molecule has 0 bridgehead atoms. The first-order chi connectivity index (χ1) is 38.1. The number of ether oxygens (including phenoxy) is 1. The van der Waals surface area contributed by atoms with E-state index in [9.17, 15) is 57.8 Å². The second-order valence-corrected chi connectivity index (χ2v) is 19.5. The van der Waals surface area contributed by atoms with Crippen molar-refractivity contribution in [3.8, 4) is 0 Å². The molecule has 80 heavy (non-hydrogen) atoms. The van der Waals surface area contributed by atoms with Gasteiger partial charge in [0.05, 0.1) is 12.6 Å². The number of aliphatic hydroxyl groups is 1. The fourth-order valence-electron chi connectivity index (χ4n) is 8.20. The van der Waals surface area contributed by atoms with Gasteiger partial charge in [-0.15, -0.1) is 0 Å². The Kier molecular flexibility index (Phi) is 32.8. The maximum Gasteiger partial charge on any atom is 0.329 e. The van der Waals surface area contributed by atoms with Gasteiger partial charge in [-0.05, 0) is 97.1 Å². The maximum atomic E-state index is 14.3. The summed E-state index contributed by atoms with van der Waals surface area (Å²) in [6.07, 6.45) is 0.409. The van der Waals surface area contributed by atoms with Crippen molar-refractivity contribution >= 4 is 65.0 Å². The van der Waals surface area contributed by atoms with Crippen LogP contribution in [0.3, 0.4) is 0 Å². The van der Waals surface area contributed by atoms with Crippen molar-refractivity contribution < 1.29 is 62.6 Å². The lowest BCUT2D eigenvalue weighted by Crippen LogP contribution is -2.62. The van der Waals surface area contributed by atoms with E-state index in [0.29, 0.717) is 12.0 Å². The van der Waals surface area contributed by atoms with E-state index in [2.05, 4.69) is 60.1 Å². The predicted molar refractivity (Wildman–Crippen MR) is 293 cm³/mol. The van der Waals surface area contributed by atoms with Crippen LogP contribution in [0.4, 0.5) is 0 Å². The van der Waals surface area contributed by atoms with Gasteiger partial charge in [0.1, 0.15) is 60.5 Å². The number of benzene rings is 1. The van der Waals surface area contributed by atoms with Gasteiger partial charge >= 0.3 is 5.97 Å². The zero-order chi connectivity index (χ0) is 59.7. The highest BCUT2D eigenvalue weighted by Crippen LogP contribution is 2.10. The molecular weight excluding hydrogens is 1040 g/mol. The van der Waals surface area contributed by atoms with Crippen molar-refractivity contribution in [2.75, 3.05) is 45.8 Å². The Morgan fingerprint density at radius 1 is 0.650 bits per heavy atom. The highest BCUT2D eigenvalue weighted by Gasteiger charge is 2.36. The third kappa shape index (κ3) is 25.1. The topological polar surface area (TPSA) is 494 Å². The summed E-state index contributed by atoms with van der Waals surface area (Å²) in [6.45, 7) is 2.86. The van der Waals surface area contributed by atoms with Crippen LogP contribution in [0.15, 0.2) is 30.3 Å². The highest BCUT2D eigenvalue weighted by molar-refractivity contribution is 5.98. The largest absolute Gasteiger partial charge is 0.459 e. The van der Waals surface area contributed by atoms with Gasteiger partial charge in [-0.2, -0.15) is 0 Å². The van der Waals surface area contributed by atoms with Crippen molar-refractivity contribution in [3.63, 3.8) is 0 Å². The van der Waals surface area contributed by atoms with E-state index in [1.54, 1.807) is 30.3 Å². The molecule has 0 spiro atoms. The van der Waals surface area contributed by atoms with Gasteiger partial charge in [-0.25, -0.2) is 4.79 Å². The van der Waals surface area contributed by atoms with Crippen molar-refractivity contribution in [1.82, 2.24) is 53.2 Å². The zero-order valence-electron chi connectivity index (χ0n) is 46.2. The van der Waals surface area contributed by atoms with Crippen LogP contribution in [0.1, 0.15) is 103 Å². The average Bonchev–Trinajstić information content (AvgIpc) is 3.42. The summed E-state index contributed by atoms with van der Waals surface area (Å²) in [7, 11) is 0. The van der Waals surface area contributed by atoms with Crippen LogP contribution >= 0.6 is 0 Å². The summed E-state index contributed by atoms with van der Waals surface area (Å²) in [6, 6.07) is -4.62. The first-order valence-corrected chi connectivity index (χ1v) is 27.3. The second-order valence-electron chi connectivity index (χ2n) is 19.5. The van der Waals surface area contributed by atoms with Gasteiger partial charge in [-0.3, -0.25) is 47.9 Å². The fourth-order valence-corrected chi connectivity index (χ4v) is 8.20. The van der Waals surface area contributed by atoms with Crippen LogP contribution in [0, 0.1) is 0 Å². The molecule has 0 aromatic heterocycles. The summed E-state index contributed by atoms with van der Waals surface area (Å²) in [5.74, 6) is -9.69. The molecule has 1 saturated heterocycles. The molecule has 2 rings (SSSR count). The number of nitrogens with two attached hydrogens (primary N) is 6. The molecule has 450 valence electrons. The van der Waals surface area contributed by atoms with E-state index >= 15 is 0 Å². The standard InChI is InChI=1S/C51H88N16O13/c1-4-5-6-7-11-14-39(69)60-33(16-22-53)48(76)67-42(29(2)68)50(78)64-35(18-24-55)45(73)63-36-20-26-58-49(77)41(57)30(3)80-51(79)37(19-25-56)65-44(72)32(15-21-52)61-40(70)28-59-43(71)38(27-31-12-9-8-10-13-31)66-46(74)34(17-23-54)62-47(36)75/h8-10,12-13,29-30,32-38,41-42,68H,4-7,11,14-28,52-57H2,1-3H3,(H,58,77)(H,59,71)(H,60,69)(H,61,70)(H,62,75)(H,63,73)(H,64,78)(H,65,72)(H,66,74)(H,67,76)/t29-,30-,32+,33+,34?,35+,36?,37+,38-,41+,42+/m1/s1. The van der Waals surface area contributed by atoms with E-state index in [1.807, 2.05) is 0 Å². The monoisotopic (exact) mass is 1130 g/mol. The molecule has 1 heterocycles. The van der Waals surface area contributed by atoms with Gasteiger partial charge in [0.2, 0.25) is 59.1 Å². The molecule has 23 N–H and O–H groups in total. The second kappa shape index (κ2) is 37.9. The zero-order valence-corrected chi connectivity index (χ0v) is 46.2. The minimum Gasteiger partial charge on any atom is -0.459 e. The molecule has 0 aliphatic carbocycles. The summed E-state index contributed by atoms with van der Waals surface area (Å²) < 4.78 is 5.47. The number of unbranched alkanes of at least 4 members (excludes halogenated alkanes) is 4. The smallest absolute Gasteiger partial charge is 0.329 e. The molecule has 11 atom stereocenters. The average molecular weight is 1130 g/mol. The molecule has 10 amide bonds. The van der Waals surface area contributed by atoms with E-state index in [1.165, 1.54) is 13.8 Å². The molecule has 29 heteroatoms. The Balaban J connectivity index is 2.55. The Hall–Kier alpha value is -6.89. The first kappa shape index (κ1) is 69.2. The molecule has 1 aromatic rings. The van der Waals surface area contributed by atoms with E-state index in [4.69, 9.17) is 39.1 Å². The van der Waals surface area contributed by atoms with Crippen molar-refractivity contribution in [1.29, 1.82) is 0 Å². The molecule has 0 radical (unpaired) electrons. The third-order valence-corrected chi connectivity index (χ3v) is 12.8. The number of hydrogen-bond donors (Lipinski definition) is 17. The van der Waals surface area contributed by atoms with Gasteiger partial charge < -0.3 is 97.4 Å². The number of carbonyl (C=O) groups excluding carboxylic acids is 11. The SMILES string of the molecule is CCCCCCCC(=O)N[C@@H](CCN)C(=O)N[C@H](C(=O)N[C@@H](CCN)C(=O)NC1CCNC(=O)[C@@H](N)[C@@H](C)OC(=O)[C@H](CCN)NC(=O)[C@H](CCN)NC(=O)CNC(=O)[C@@H](Cc2ccccc2)NC(=O)C(CCN)NC1=O)[C@@H](C)O. The number of nitrogens with one attached hydrogen (secondary N) is 10. The van der Waals surface area contributed by atoms with Crippen molar-refractivity contribution in [3.05, 3.63) is 35.9 Å². The molecule has 0 saturated carbocycles. The first-order valence-electron chi connectivity index (χ1n) is 27.3. The summed E-state index contributed by atoms with van der Waals surface area (Å²) in [4.78, 5) is 150. The quantitative estimate of drug-likeness (QED) is 0.0303. The predicted octanol–water partition coefficient (Wildman–Crippen LogP) is -6.51. The maximum absolute atomic E-state index is 14.3. The Morgan fingerprint density at radius 3 is 1.80 bits per heavy atom. The van der Waals surface area contributed by atoms with Crippen molar-refractivity contribution in [2.24, 2.45) is 34.4 Å². The number of carbonyl (C=O) groups is 11. The Bertz CT molecular complexity index is 2180. The lowest BCUT2D eigenvalue weighted by atomic mass is 10.0. The van der Waals surface area contributed by atoms with E-state index in [0.717, 1.165) is 25.7 Å².